The summed E-state index contributed by atoms with van der Waals surface area (Å²) in [4.78, 5) is 12.3. The minimum Gasteiger partial charge on any atom is -0.493 e. The van der Waals surface area contributed by atoms with E-state index in [4.69, 9.17) is 4.74 Å². The summed E-state index contributed by atoms with van der Waals surface area (Å²) in [6, 6.07) is 3.96. The maximum Gasteiger partial charge on any atom is 0.176 e. The van der Waals surface area contributed by atoms with Crippen molar-refractivity contribution in [3.05, 3.63) is 28.8 Å². The lowest BCUT2D eigenvalue weighted by Gasteiger charge is -2.13. The molecule has 19 heavy (non-hydrogen) atoms. The smallest absolute Gasteiger partial charge is 0.176 e. The van der Waals surface area contributed by atoms with E-state index in [0.717, 1.165) is 35.5 Å². The Kier molecular flexibility index (Phi) is 7.00. The van der Waals surface area contributed by atoms with Crippen LogP contribution in [-0.2, 0) is 0 Å². The first kappa shape index (κ1) is 16.1. The van der Waals surface area contributed by atoms with E-state index < -0.39 is 0 Å². The fraction of sp³-hybridized carbons (Fsp3) is 0.562. The molecule has 0 aromatic heterocycles. The van der Waals surface area contributed by atoms with E-state index in [9.17, 15) is 4.79 Å². The van der Waals surface area contributed by atoms with Gasteiger partial charge >= 0.3 is 0 Å². The standard InChI is InChI=1S/C16H24O2S/c1-5-7-18-16-10-13(4)12(3)9-14(16)15(17)11-19-8-6-2/h9-10H,5-8,11H2,1-4H3. The van der Waals surface area contributed by atoms with Gasteiger partial charge in [0.05, 0.1) is 17.9 Å². The van der Waals surface area contributed by atoms with Gasteiger partial charge in [-0.2, -0.15) is 11.8 Å². The summed E-state index contributed by atoms with van der Waals surface area (Å²) in [5.74, 6) is 2.49. The second-order valence-corrected chi connectivity index (χ2v) is 5.86. The lowest BCUT2D eigenvalue weighted by atomic mass is 10.0. The van der Waals surface area contributed by atoms with Gasteiger partial charge in [0.2, 0.25) is 0 Å². The first-order valence-electron chi connectivity index (χ1n) is 6.95. The van der Waals surface area contributed by atoms with Crippen LogP contribution in [0.2, 0.25) is 0 Å². The van der Waals surface area contributed by atoms with Crippen molar-refractivity contribution >= 4 is 17.5 Å². The number of ether oxygens (including phenoxy) is 1. The number of rotatable bonds is 8. The maximum atomic E-state index is 12.3. The third kappa shape index (κ3) is 4.90. The molecule has 0 saturated heterocycles. The Hall–Kier alpha value is -0.960. The van der Waals surface area contributed by atoms with Crippen molar-refractivity contribution in [3.8, 4) is 5.75 Å². The lowest BCUT2D eigenvalue weighted by Crippen LogP contribution is -2.08. The Morgan fingerprint density at radius 3 is 2.47 bits per heavy atom. The summed E-state index contributed by atoms with van der Waals surface area (Å²) in [6.07, 6.45) is 2.05. The summed E-state index contributed by atoms with van der Waals surface area (Å²) in [6.45, 7) is 8.94. The molecule has 0 heterocycles. The number of carbonyl (C=O) groups excluding carboxylic acids is 1. The van der Waals surface area contributed by atoms with Crippen LogP contribution in [0.5, 0.6) is 5.75 Å². The van der Waals surface area contributed by atoms with Gasteiger partial charge in [0.25, 0.3) is 0 Å². The second-order valence-electron chi connectivity index (χ2n) is 4.76. The number of hydrogen-bond donors (Lipinski definition) is 0. The molecule has 1 rings (SSSR count). The minimum atomic E-state index is 0.174. The largest absolute Gasteiger partial charge is 0.493 e. The molecule has 0 bridgehead atoms. The number of benzene rings is 1. The fourth-order valence-corrected chi connectivity index (χ4v) is 2.50. The molecule has 0 unspecified atom stereocenters. The molecule has 1 aromatic carbocycles. The zero-order chi connectivity index (χ0) is 14.3. The van der Waals surface area contributed by atoms with Crippen LogP contribution in [0.1, 0.15) is 48.2 Å². The van der Waals surface area contributed by atoms with E-state index in [2.05, 4.69) is 13.8 Å². The van der Waals surface area contributed by atoms with Crippen LogP contribution in [0.15, 0.2) is 12.1 Å². The van der Waals surface area contributed by atoms with Gasteiger partial charge < -0.3 is 4.74 Å². The Labute approximate surface area is 120 Å². The zero-order valence-corrected chi connectivity index (χ0v) is 13.2. The number of Topliss-reactive ketones (excluding diaryl/α,β-unsaturated/α-hetero) is 1. The zero-order valence-electron chi connectivity index (χ0n) is 12.4. The van der Waals surface area contributed by atoms with Gasteiger partial charge in [-0.3, -0.25) is 4.79 Å². The predicted octanol–water partition coefficient (Wildman–Crippen LogP) is 4.42. The van der Waals surface area contributed by atoms with Crippen LogP contribution in [0.25, 0.3) is 0 Å². The average molecular weight is 280 g/mol. The van der Waals surface area contributed by atoms with Gasteiger partial charge in [-0.1, -0.05) is 13.8 Å². The molecule has 0 spiro atoms. The molecule has 0 aliphatic carbocycles. The Morgan fingerprint density at radius 1 is 1.16 bits per heavy atom. The van der Waals surface area contributed by atoms with Crippen LogP contribution in [0.3, 0.4) is 0 Å². The average Bonchev–Trinajstić information content (AvgIpc) is 2.39. The minimum absolute atomic E-state index is 0.174. The van der Waals surface area contributed by atoms with Crippen molar-refractivity contribution in [2.24, 2.45) is 0 Å². The Balaban J connectivity index is 2.89. The summed E-state index contributed by atoms with van der Waals surface area (Å²) in [5, 5.41) is 0. The van der Waals surface area contributed by atoms with Crippen molar-refractivity contribution in [2.45, 2.75) is 40.5 Å². The molecule has 106 valence electrons. The number of carbonyl (C=O) groups is 1. The van der Waals surface area contributed by atoms with E-state index >= 15 is 0 Å². The molecular formula is C16H24O2S. The van der Waals surface area contributed by atoms with E-state index in [1.54, 1.807) is 11.8 Å². The fourth-order valence-electron chi connectivity index (χ4n) is 1.73. The third-order valence-corrected chi connectivity index (χ3v) is 4.10. The van der Waals surface area contributed by atoms with Crippen LogP contribution in [-0.4, -0.2) is 23.9 Å². The van der Waals surface area contributed by atoms with Crippen molar-refractivity contribution in [1.29, 1.82) is 0 Å². The molecule has 1 aromatic rings. The van der Waals surface area contributed by atoms with Gasteiger partial charge in [0.15, 0.2) is 5.78 Å². The first-order valence-corrected chi connectivity index (χ1v) is 8.10. The molecule has 0 saturated carbocycles. The van der Waals surface area contributed by atoms with Gasteiger partial charge in [-0.25, -0.2) is 0 Å². The normalized spacial score (nSPS) is 10.5. The summed E-state index contributed by atoms with van der Waals surface area (Å²) < 4.78 is 5.72. The maximum absolute atomic E-state index is 12.3. The van der Waals surface area contributed by atoms with Gasteiger partial charge in [-0.15, -0.1) is 0 Å². The van der Waals surface area contributed by atoms with Crippen LogP contribution in [0.4, 0.5) is 0 Å². The predicted molar refractivity (Wildman–Crippen MR) is 83.6 cm³/mol. The molecule has 3 heteroatoms. The number of hydrogen-bond acceptors (Lipinski definition) is 3. The third-order valence-electron chi connectivity index (χ3n) is 2.94. The van der Waals surface area contributed by atoms with E-state index in [0.29, 0.717) is 12.4 Å². The highest BCUT2D eigenvalue weighted by molar-refractivity contribution is 7.99. The van der Waals surface area contributed by atoms with Crippen molar-refractivity contribution < 1.29 is 9.53 Å². The van der Waals surface area contributed by atoms with Crippen molar-refractivity contribution in [2.75, 3.05) is 18.1 Å². The highest BCUT2D eigenvalue weighted by Gasteiger charge is 2.14. The highest BCUT2D eigenvalue weighted by Crippen LogP contribution is 2.25. The molecule has 0 atom stereocenters. The molecule has 0 fully saturated rings. The highest BCUT2D eigenvalue weighted by atomic mass is 32.2. The molecule has 0 aliphatic heterocycles. The van der Waals surface area contributed by atoms with E-state index in [1.165, 1.54) is 5.56 Å². The summed E-state index contributed by atoms with van der Waals surface area (Å²) >= 11 is 1.69. The van der Waals surface area contributed by atoms with Gasteiger partial charge in [0, 0.05) is 0 Å². The van der Waals surface area contributed by atoms with Gasteiger partial charge in [0.1, 0.15) is 5.75 Å². The van der Waals surface area contributed by atoms with Gasteiger partial charge in [-0.05, 0) is 55.7 Å². The summed E-state index contributed by atoms with van der Waals surface area (Å²) in [5.41, 5.74) is 3.05. The number of ketones is 1. The van der Waals surface area contributed by atoms with Crippen LogP contribution >= 0.6 is 11.8 Å². The SMILES string of the molecule is CCCOc1cc(C)c(C)cc1C(=O)CSCCC. The molecule has 0 radical (unpaired) electrons. The molecular weight excluding hydrogens is 256 g/mol. The van der Waals surface area contributed by atoms with E-state index in [-0.39, 0.29) is 5.78 Å². The van der Waals surface area contributed by atoms with Crippen molar-refractivity contribution in [3.63, 3.8) is 0 Å². The molecule has 0 N–H and O–H groups in total. The topological polar surface area (TPSA) is 26.3 Å². The Morgan fingerprint density at radius 2 is 1.84 bits per heavy atom. The summed E-state index contributed by atoms with van der Waals surface area (Å²) in [7, 11) is 0. The number of thioether (sulfide) groups is 1. The first-order chi connectivity index (χ1) is 9.10. The second kappa shape index (κ2) is 8.26. The monoisotopic (exact) mass is 280 g/mol. The van der Waals surface area contributed by atoms with E-state index in [1.807, 2.05) is 26.0 Å². The molecule has 2 nitrogen and oxygen atoms in total. The number of aryl methyl sites for hydroxylation is 2. The Bertz CT molecular complexity index is 427. The molecule has 0 aliphatic rings. The lowest BCUT2D eigenvalue weighted by molar-refractivity contribution is 0.101. The van der Waals surface area contributed by atoms with Crippen molar-refractivity contribution in [1.82, 2.24) is 0 Å². The van der Waals surface area contributed by atoms with Crippen LogP contribution < -0.4 is 4.74 Å². The van der Waals surface area contributed by atoms with Crippen LogP contribution in [0, 0.1) is 13.8 Å². The quantitative estimate of drug-likeness (QED) is 0.521. The molecule has 0 amide bonds.